The molecule has 0 atom stereocenters. The Morgan fingerprint density at radius 3 is 2.50 bits per heavy atom. The van der Waals surface area contributed by atoms with Crippen molar-refractivity contribution in [1.82, 2.24) is 0 Å². The van der Waals surface area contributed by atoms with E-state index in [4.69, 9.17) is 5.26 Å². The molecule has 1 aromatic carbocycles. The van der Waals surface area contributed by atoms with E-state index in [1.54, 1.807) is 6.07 Å². The average molecular weight is 225 g/mol. The second-order valence-corrected chi connectivity index (χ2v) is 2.87. The molecule has 0 aliphatic carbocycles. The molecule has 0 radical (unpaired) electrons. The quantitative estimate of drug-likeness (QED) is 0.690. The lowest BCUT2D eigenvalue weighted by atomic mass is 10.1. The van der Waals surface area contributed by atoms with Gasteiger partial charge in [0, 0.05) is 0 Å². The van der Waals surface area contributed by atoms with Crippen molar-refractivity contribution in [3.8, 4) is 23.7 Å². The number of hydrogen-bond acceptors (Lipinski definition) is 2. The molecule has 1 aromatic rings. The maximum Gasteiger partial charge on any atom is 0.416 e. The Balaban J connectivity index is 3.03. The Labute approximate surface area is 89.9 Å². The first-order valence-electron chi connectivity index (χ1n) is 4.21. The molecule has 0 aliphatic heterocycles. The fourth-order valence-corrected chi connectivity index (χ4v) is 0.993. The van der Waals surface area contributed by atoms with Gasteiger partial charge in [-0.3, -0.25) is 0 Å². The molecule has 0 aliphatic rings. The lowest BCUT2D eigenvalue weighted by Gasteiger charge is -2.07. The first kappa shape index (κ1) is 11.9. The van der Waals surface area contributed by atoms with Crippen LogP contribution in [0.25, 0.3) is 0 Å². The predicted octanol–water partition coefficient (Wildman–Crippen LogP) is 2.68. The van der Waals surface area contributed by atoms with Gasteiger partial charge in [-0.25, -0.2) is 0 Å². The number of alkyl halides is 3. The van der Waals surface area contributed by atoms with Crippen molar-refractivity contribution in [2.75, 3.05) is 0 Å². The zero-order valence-corrected chi connectivity index (χ0v) is 7.97. The standard InChI is InChI=1S/C11H6F3NO/c12-11(13,14)9-5-4-8(10(16)7-9)3-1-2-6-15/h4-5,7,16H,2H2. The van der Waals surface area contributed by atoms with Crippen molar-refractivity contribution in [3.63, 3.8) is 0 Å². The second-order valence-electron chi connectivity index (χ2n) is 2.87. The molecule has 0 bridgehead atoms. The lowest BCUT2D eigenvalue weighted by molar-refractivity contribution is -0.137. The van der Waals surface area contributed by atoms with Gasteiger partial charge < -0.3 is 5.11 Å². The summed E-state index contributed by atoms with van der Waals surface area (Å²) in [5.74, 6) is 4.26. The van der Waals surface area contributed by atoms with E-state index < -0.39 is 17.5 Å². The summed E-state index contributed by atoms with van der Waals surface area (Å²) in [6.45, 7) is 0. The smallest absolute Gasteiger partial charge is 0.416 e. The average Bonchev–Trinajstić information content (AvgIpc) is 2.19. The molecule has 1 rings (SSSR count). The largest absolute Gasteiger partial charge is 0.507 e. The van der Waals surface area contributed by atoms with Crippen molar-refractivity contribution >= 4 is 0 Å². The zero-order chi connectivity index (χ0) is 12.2. The molecule has 0 fully saturated rings. The number of phenols is 1. The van der Waals surface area contributed by atoms with Crippen LogP contribution in [0, 0.1) is 23.2 Å². The Morgan fingerprint density at radius 2 is 2.00 bits per heavy atom. The number of nitrogens with zero attached hydrogens (tertiary/aromatic N) is 1. The van der Waals surface area contributed by atoms with Crippen molar-refractivity contribution in [1.29, 1.82) is 5.26 Å². The molecule has 0 spiro atoms. The van der Waals surface area contributed by atoms with Gasteiger partial charge in [0.2, 0.25) is 0 Å². The van der Waals surface area contributed by atoms with E-state index >= 15 is 0 Å². The highest BCUT2D eigenvalue weighted by atomic mass is 19.4. The molecule has 0 saturated heterocycles. The number of halogens is 3. The second kappa shape index (κ2) is 4.59. The van der Waals surface area contributed by atoms with Gasteiger partial charge >= 0.3 is 6.18 Å². The molecule has 0 amide bonds. The molecular weight excluding hydrogens is 219 g/mol. The van der Waals surface area contributed by atoms with Crippen LogP contribution < -0.4 is 0 Å². The summed E-state index contributed by atoms with van der Waals surface area (Å²) in [5.41, 5.74) is -0.862. The van der Waals surface area contributed by atoms with Gasteiger partial charge in [0.25, 0.3) is 0 Å². The number of nitriles is 1. The number of aromatic hydroxyl groups is 1. The van der Waals surface area contributed by atoms with Crippen molar-refractivity contribution in [2.45, 2.75) is 12.6 Å². The van der Waals surface area contributed by atoms with Crippen LogP contribution in [0.1, 0.15) is 17.5 Å². The normalized spacial score (nSPS) is 10.1. The van der Waals surface area contributed by atoms with Gasteiger partial charge in [0.15, 0.2) is 0 Å². The highest BCUT2D eigenvalue weighted by Crippen LogP contribution is 2.32. The third kappa shape index (κ3) is 2.93. The van der Waals surface area contributed by atoms with Crippen LogP contribution in [0.5, 0.6) is 5.75 Å². The fourth-order valence-electron chi connectivity index (χ4n) is 0.993. The van der Waals surface area contributed by atoms with Gasteiger partial charge in [-0.05, 0) is 18.2 Å². The van der Waals surface area contributed by atoms with E-state index in [1.807, 2.05) is 0 Å². The SMILES string of the molecule is N#CCC#Cc1ccc(C(F)(F)F)cc1O. The van der Waals surface area contributed by atoms with Gasteiger partial charge in [-0.15, -0.1) is 0 Å². The van der Waals surface area contributed by atoms with Crippen LogP contribution >= 0.6 is 0 Å². The molecule has 82 valence electrons. The zero-order valence-electron chi connectivity index (χ0n) is 7.97. The summed E-state index contributed by atoms with van der Waals surface area (Å²) in [6, 6.07) is 4.27. The van der Waals surface area contributed by atoms with Gasteiger partial charge in [0.05, 0.1) is 23.6 Å². The third-order valence-electron chi connectivity index (χ3n) is 1.72. The van der Waals surface area contributed by atoms with Gasteiger partial charge in [0.1, 0.15) is 5.75 Å². The molecule has 1 N–H and O–H groups in total. The topological polar surface area (TPSA) is 44.0 Å². The highest BCUT2D eigenvalue weighted by Gasteiger charge is 2.30. The first-order valence-corrected chi connectivity index (χ1v) is 4.21. The maximum absolute atomic E-state index is 12.2. The summed E-state index contributed by atoms with van der Waals surface area (Å²) in [6.07, 6.45) is -4.53. The summed E-state index contributed by atoms with van der Waals surface area (Å²) < 4.78 is 36.6. The molecule has 0 aromatic heterocycles. The number of rotatable bonds is 0. The Hall–Kier alpha value is -2.14. The van der Waals surface area contributed by atoms with Crippen molar-refractivity contribution in [2.24, 2.45) is 0 Å². The Bertz CT molecular complexity index is 489. The minimum Gasteiger partial charge on any atom is -0.507 e. The van der Waals surface area contributed by atoms with Crippen LogP contribution in [-0.4, -0.2) is 5.11 Å². The van der Waals surface area contributed by atoms with Crippen LogP contribution in [-0.2, 0) is 6.18 Å². The van der Waals surface area contributed by atoms with E-state index in [1.165, 1.54) is 0 Å². The van der Waals surface area contributed by atoms with Crippen LogP contribution in [0.3, 0.4) is 0 Å². The first-order chi connectivity index (χ1) is 7.45. The van der Waals surface area contributed by atoms with Gasteiger partial charge in [-0.2, -0.15) is 18.4 Å². The maximum atomic E-state index is 12.2. The molecule has 5 heteroatoms. The van der Waals surface area contributed by atoms with Crippen molar-refractivity contribution in [3.05, 3.63) is 29.3 Å². The van der Waals surface area contributed by atoms with E-state index in [2.05, 4.69) is 11.8 Å². The molecule has 0 saturated carbocycles. The lowest BCUT2D eigenvalue weighted by Crippen LogP contribution is -2.04. The number of phenolic OH excluding ortho intramolecular Hbond substituents is 1. The molecule has 0 unspecified atom stereocenters. The monoisotopic (exact) mass is 225 g/mol. The van der Waals surface area contributed by atoms with E-state index in [0.717, 1.165) is 12.1 Å². The minimum atomic E-state index is -4.49. The molecule has 2 nitrogen and oxygen atoms in total. The third-order valence-corrected chi connectivity index (χ3v) is 1.72. The Morgan fingerprint density at radius 1 is 1.31 bits per heavy atom. The van der Waals surface area contributed by atoms with Crippen molar-refractivity contribution < 1.29 is 18.3 Å². The minimum absolute atomic E-state index is 0.0412. The van der Waals surface area contributed by atoms with Crippen LogP contribution in [0.2, 0.25) is 0 Å². The predicted molar refractivity (Wildman–Crippen MR) is 50.2 cm³/mol. The summed E-state index contributed by atoms with van der Waals surface area (Å²) in [7, 11) is 0. The molecule has 16 heavy (non-hydrogen) atoms. The number of hydrogen-bond donors (Lipinski definition) is 1. The fraction of sp³-hybridized carbons (Fsp3) is 0.182. The van der Waals surface area contributed by atoms with E-state index in [0.29, 0.717) is 6.07 Å². The summed E-state index contributed by atoms with van der Waals surface area (Å²) in [5, 5.41) is 17.5. The Kier molecular flexibility index (Phi) is 3.42. The van der Waals surface area contributed by atoms with Crippen LogP contribution in [0.4, 0.5) is 13.2 Å². The van der Waals surface area contributed by atoms with E-state index in [-0.39, 0.29) is 12.0 Å². The van der Waals surface area contributed by atoms with Crippen LogP contribution in [0.15, 0.2) is 18.2 Å². The summed E-state index contributed by atoms with van der Waals surface area (Å²) >= 11 is 0. The highest BCUT2D eigenvalue weighted by molar-refractivity contribution is 5.47. The molecule has 0 heterocycles. The van der Waals surface area contributed by atoms with Gasteiger partial charge in [-0.1, -0.05) is 11.8 Å². The molecular formula is C11H6F3NO. The van der Waals surface area contributed by atoms with E-state index in [9.17, 15) is 18.3 Å². The number of benzene rings is 1. The summed E-state index contributed by atoms with van der Waals surface area (Å²) in [4.78, 5) is 0.